The Morgan fingerprint density at radius 1 is 0.774 bits per heavy atom. The maximum absolute atomic E-state index is 12.6. The molecule has 3 aromatic carbocycles. The van der Waals surface area contributed by atoms with E-state index < -0.39 is 79.6 Å². The van der Waals surface area contributed by atoms with Crippen LogP contribution in [0, 0.1) is 0 Å². The van der Waals surface area contributed by atoms with Gasteiger partial charge in [0.2, 0.25) is 0 Å². The van der Waals surface area contributed by atoms with Crippen LogP contribution in [0.5, 0.6) is 0 Å². The number of fused-ring (bicyclic) bond motifs is 1. The minimum absolute atomic E-state index is 0.0844. The van der Waals surface area contributed by atoms with E-state index in [1.54, 1.807) is 0 Å². The van der Waals surface area contributed by atoms with Crippen LogP contribution in [0.1, 0.15) is 36.8 Å². The second kappa shape index (κ2) is 18.6. The summed E-state index contributed by atoms with van der Waals surface area (Å²) in [7, 11) is 1.48. The van der Waals surface area contributed by atoms with Gasteiger partial charge in [-0.2, -0.15) is 0 Å². The zero-order valence-electron chi connectivity index (χ0n) is 29.6. The highest BCUT2D eigenvalue weighted by Gasteiger charge is 2.56. The molecule has 3 heterocycles. The molecule has 11 atom stereocenters. The van der Waals surface area contributed by atoms with Gasteiger partial charge in [0.1, 0.15) is 55.4 Å². The summed E-state index contributed by atoms with van der Waals surface area (Å²) >= 11 is 0. The lowest BCUT2D eigenvalue weighted by Crippen LogP contribution is -2.67. The summed E-state index contributed by atoms with van der Waals surface area (Å²) in [6.45, 7) is 2.58. The van der Waals surface area contributed by atoms with Crippen molar-refractivity contribution in [3.05, 3.63) is 118 Å². The van der Waals surface area contributed by atoms with Gasteiger partial charge in [0.15, 0.2) is 18.9 Å². The molecule has 6 rings (SSSR count). The number of esters is 2. The first-order chi connectivity index (χ1) is 25.8. The number of carbonyl (C=O) groups excluding carboxylic acids is 2. The summed E-state index contributed by atoms with van der Waals surface area (Å²) < 4.78 is 62.0. The average Bonchev–Trinajstić information content (AvgIpc) is 3.18. The smallest absolute Gasteiger partial charge is 0.303 e. The fourth-order valence-electron chi connectivity index (χ4n) is 6.58. The summed E-state index contributed by atoms with van der Waals surface area (Å²) in [6.07, 6.45) is -9.83. The van der Waals surface area contributed by atoms with Crippen LogP contribution in [-0.4, -0.2) is 93.6 Å². The van der Waals surface area contributed by atoms with Crippen LogP contribution in [0.3, 0.4) is 0 Å². The molecule has 3 fully saturated rings. The Labute approximate surface area is 306 Å². The van der Waals surface area contributed by atoms with E-state index in [1.807, 2.05) is 91.0 Å². The molecule has 0 aromatic heterocycles. The highest BCUT2D eigenvalue weighted by Crippen LogP contribution is 2.39. The molecule has 0 amide bonds. The van der Waals surface area contributed by atoms with E-state index in [0.29, 0.717) is 0 Å². The molecule has 53 heavy (non-hydrogen) atoms. The predicted molar refractivity (Wildman–Crippen MR) is 184 cm³/mol. The van der Waals surface area contributed by atoms with Crippen LogP contribution in [0.25, 0.3) is 10.4 Å². The minimum Gasteiger partial charge on any atom is -0.463 e. The Kier molecular flexibility index (Phi) is 13.4. The summed E-state index contributed by atoms with van der Waals surface area (Å²) in [5.74, 6) is -1.23. The molecule has 0 radical (unpaired) electrons. The lowest BCUT2D eigenvalue weighted by Gasteiger charge is -2.51. The summed E-state index contributed by atoms with van der Waals surface area (Å²) in [5.41, 5.74) is 12.3. The van der Waals surface area contributed by atoms with Crippen LogP contribution >= 0.6 is 0 Å². The van der Waals surface area contributed by atoms with Gasteiger partial charge in [-0.15, -0.1) is 0 Å². The van der Waals surface area contributed by atoms with E-state index in [1.165, 1.54) is 21.0 Å². The van der Waals surface area contributed by atoms with Crippen molar-refractivity contribution in [2.75, 3.05) is 20.3 Å². The second-order valence-corrected chi connectivity index (χ2v) is 12.7. The first kappa shape index (κ1) is 38.3. The number of rotatable bonds is 14. The zero-order chi connectivity index (χ0) is 37.2. The third-order valence-corrected chi connectivity index (χ3v) is 9.00. The Hall–Kier alpha value is -4.41. The predicted octanol–water partition coefficient (Wildman–Crippen LogP) is 4.93. The average molecular weight is 734 g/mol. The minimum atomic E-state index is -1.39. The second-order valence-electron chi connectivity index (χ2n) is 12.7. The maximum atomic E-state index is 12.6. The van der Waals surface area contributed by atoms with Crippen molar-refractivity contribution in [2.45, 2.75) is 94.7 Å². The van der Waals surface area contributed by atoms with Crippen molar-refractivity contribution in [2.24, 2.45) is 5.11 Å². The Morgan fingerprint density at radius 3 is 1.98 bits per heavy atom. The van der Waals surface area contributed by atoms with E-state index in [-0.39, 0.29) is 26.4 Å². The molecule has 0 aliphatic carbocycles. The molecule has 3 aliphatic rings. The van der Waals surface area contributed by atoms with Gasteiger partial charge in [0, 0.05) is 31.4 Å². The highest BCUT2D eigenvalue weighted by atomic mass is 16.8. The van der Waals surface area contributed by atoms with Gasteiger partial charge in [-0.3, -0.25) is 9.59 Å². The molecule has 0 saturated carbocycles. The first-order valence-electron chi connectivity index (χ1n) is 17.3. The van der Waals surface area contributed by atoms with Gasteiger partial charge < -0.3 is 47.4 Å². The third-order valence-electron chi connectivity index (χ3n) is 9.00. The lowest BCUT2D eigenvalue weighted by atomic mass is 9.94. The highest BCUT2D eigenvalue weighted by molar-refractivity contribution is 5.66. The number of ether oxygens (including phenoxy) is 10. The standard InChI is InChI=1S/C38H43N3O12/c1-23(42)45-21-28-31(46-19-25-13-7-4-8-14-25)33(49-24(2)43)30(40-41-39)37(50-28)53-34-32-29(22-48-36(52-32)27-17-11-6-12-18-27)51-38(44-3)35(34)47-20-26-15-9-5-10-16-26/h4-18,28-38H,19-22H2,1-3H3/t28-,29-,30-,31-,32-,33-,34+,35-,36?,37-,38+/m1/s1. The van der Waals surface area contributed by atoms with Crippen molar-refractivity contribution < 1.29 is 57.0 Å². The summed E-state index contributed by atoms with van der Waals surface area (Å²) in [6, 6.07) is 27.0. The van der Waals surface area contributed by atoms with E-state index in [4.69, 9.17) is 47.4 Å². The lowest BCUT2D eigenvalue weighted by molar-refractivity contribution is -0.389. The molecular formula is C38H43N3O12. The Morgan fingerprint density at radius 2 is 1.40 bits per heavy atom. The third kappa shape index (κ3) is 9.78. The van der Waals surface area contributed by atoms with Crippen molar-refractivity contribution in [3.63, 3.8) is 0 Å². The quantitative estimate of drug-likeness (QED) is 0.0948. The number of hydrogen-bond donors (Lipinski definition) is 0. The van der Waals surface area contributed by atoms with Crippen molar-refractivity contribution in [1.29, 1.82) is 0 Å². The monoisotopic (exact) mass is 733 g/mol. The first-order valence-corrected chi connectivity index (χ1v) is 17.3. The molecule has 15 nitrogen and oxygen atoms in total. The van der Waals surface area contributed by atoms with Gasteiger partial charge in [-0.25, -0.2) is 0 Å². The van der Waals surface area contributed by atoms with Gasteiger partial charge in [-0.1, -0.05) is 96.1 Å². The molecule has 15 heteroatoms. The van der Waals surface area contributed by atoms with E-state index in [9.17, 15) is 15.1 Å². The Bertz CT molecular complexity index is 1660. The number of carbonyl (C=O) groups is 2. The number of methoxy groups -OCH3 is 1. The topological polar surface area (TPSA) is 175 Å². The molecule has 0 bridgehead atoms. The van der Waals surface area contributed by atoms with Gasteiger partial charge in [-0.05, 0) is 16.7 Å². The molecule has 0 spiro atoms. The largest absolute Gasteiger partial charge is 0.463 e. The van der Waals surface area contributed by atoms with Gasteiger partial charge in [0.25, 0.3) is 0 Å². The van der Waals surface area contributed by atoms with E-state index in [0.717, 1.165) is 16.7 Å². The van der Waals surface area contributed by atoms with Crippen molar-refractivity contribution >= 4 is 11.9 Å². The normalized spacial score (nSPS) is 31.0. The molecule has 3 aliphatic heterocycles. The van der Waals surface area contributed by atoms with Crippen LogP contribution in [-0.2, 0) is 70.2 Å². The molecule has 3 saturated heterocycles. The maximum Gasteiger partial charge on any atom is 0.303 e. The van der Waals surface area contributed by atoms with E-state index >= 15 is 0 Å². The molecular weight excluding hydrogens is 690 g/mol. The number of hydrogen-bond acceptors (Lipinski definition) is 13. The molecule has 1 unspecified atom stereocenters. The van der Waals surface area contributed by atoms with Crippen LogP contribution in [0.2, 0.25) is 0 Å². The van der Waals surface area contributed by atoms with Crippen molar-refractivity contribution in [1.82, 2.24) is 0 Å². The van der Waals surface area contributed by atoms with Gasteiger partial charge in [0.05, 0.1) is 19.8 Å². The van der Waals surface area contributed by atoms with Crippen LogP contribution in [0.4, 0.5) is 0 Å². The van der Waals surface area contributed by atoms with E-state index in [2.05, 4.69) is 10.0 Å². The van der Waals surface area contributed by atoms with Gasteiger partial charge >= 0.3 is 11.9 Å². The summed E-state index contributed by atoms with van der Waals surface area (Å²) in [5, 5.41) is 4.02. The zero-order valence-corrected chi connectivity index (χ0v) is 29.6. The molecule has 282 valence electrons. The number of benzene rings is 3. The SMILES string of the molecule is CO[C@H]1O[C@@H]2COC(c3ccccc3)O[C@H]2[C@H](O[C@H]2O[C@H](COC(C)=O)[C@@H](OCc3ccccc3)[C@H](OC(C)=O)[C@H]2N=[N+]=[N-])[C@H]1OCc1ccccc1. The van der Waals surface area contributed by atoms with Crippen LogP contribution in [0.15, 0.2) is 96.1 Å². The molecule has 0 N–H and O–H groups in total. The summed E-state index contributed by atoms with van der Waals surface area (Å²) in [4.78, 5) is 27.7. The fourth-order valence-corrected chi connectivity index (χ4v) is 6.58. The number of azide groups is 1. The van der Waals surface area contributed by atoms with Crippen molar-refractivity contribution in [3.8, 4) is 0 Å². The molecule has 3 aromatic rings. The number of nitrogens with zero attached hydrogens (tertiary/aromatic N) is 3. The van der Waals surface area contributed by atoms with Crippen LogP contribution < -0.4 is 0 Å². The fraction of sp³-hybridized carbons (Fsp3) is 0.474. The Balaban J connectivity index is 1.36.